The second-order valence-electron chi connectivity index (χ2n) is 17.6. The van der Waals surface area contributed by atoms with Crippen molar-refractivity contribution in [2.75, 3.05) is 88.3 Å². The molecule has 6 rings (SSSR count). The zero-order valence-corrected chi connectivity index (χ0v) is 47.1. The number of nitrogens with zero attached hydrogens (tertiary/aromatic N) is 6. The number of benzene rings is 2. The number of para-hydroxylation sites is 2. The van der Waals surface area contributed by atoms with Crippen molar-refractivity contribution in [2.24, 2.45) is 5.92 Å². The first-order valence-corrected chi connectivity index (χ1v) is 30.7. The number of hydrogen-bond donors (Lipinski definition) is 5. The molecule has 2 aliphatic heterocycles. The summed E-state index contributed by atoms with van der Waals surface area (Å²) in [5, 5.41) is 29.2. The predicted molar refractivity (Wildman–Crippen MR) is 299 cm³/mol. The second-order valence-corrected chi connectivity index (χ2v) is 24.0. The number of nitrogens with one attached hydrogen (secondary N) is 3. The summed E-state index contributed by atoms with van der Waals surface area (Å²) in [6.07, 6.45) is 2.88. The lowest BCUT2D eigenvalue weighted by Gasteiger charge is -2.35. The van der Waals surface area contributed by atoms with Gasteiger partial charge in [-0.25, -0.2) is 9.97 Å². The van der Waals surface area contributed by atoms with Crippen LogP contribution < -0.4 is 16.0 Å². The molecule has 2 aromatic heterocycles. The van der Waals surface area contributed by atoms with Gasteiger partial charge in [0.05, 0.1) is 30.0 Å². The van der Waals surface area contributed by atoms with Crippen LogP contribution in [0.3, 0.4) is 0 Å². The fraction of sp³-hybridized carbons (Fsp3) is 0.429. The van der Waals surface area contributed by atoms with E-state index in [4.69, 9.17) is 0 Å². The molecule has 0 saturated carbocycles. The first-order chi connectivity index (χ1) is 36.2. The van der Waals surface area contributed by atoms with E-state index in [1.165, 1.54) is 73.6 Å². The Kier molecular flexibility index (Phi) is 21.6. The molecule has 2 aliphatic rings. The van der Waals surface area contributed by atoms with Crippen LogP contribution in [0.2, 0.25) is 0 Å². The summed E-state index contributed by atoms with van der Waals surface area (Å²) in [7, 11) is 7.67. The van der Waals surface area contributed by atoms with E-state index in [-0.39, 0.29) is 34.5 Å². The van der Waals surface area contributed by atoms with Gasteiger partial charge in [-0.3, -0.25) is 47.9 Å². The SMILES string of the molecule is CSC[C@H]1C(=O)SC[C@@H](NC(=O)c2nc3ccccc3cc2O)C(=O)NCC(=O)N(C)[C@H]2CSSCC(C(=O)N1C)N(C)C(=O)CNC(=O)[C@H](CC(=O)c1nc3ccccc3cc1O)CSC(=O)[C@H](CSC)N(C)C2=O. The number of thioether (sulfide) groups is 4. The smallest absolute Gasteiger partial charge is 0.274 e. The Hall–Kier alpha value is -5.74. The summed E-state index contributed by atoms with van der Waals surface area (Å²) in [5.74, 6) is -9.28. The van der Waals surface area contributed by atoms with Gasteiger partial charge in [-0.15, -0.1) is 0 Å². The first-order valence-electron chi connectivity index (χ1n) is 23.4. The number of aromatic nitrogens is 2. The van der Waals surface area contributed by atoms with Crippen LogP contribution >= 0.6 is 68.6 Å². The van der Waals surface area contributed by atoms with Gasteiger partial charge >= 0.3 is 0 Å². The molecule has 2 saturated heterocycles. The van der Waals surface area contributed by atoms with Crippen molar-refractivity contribution in [3.8, 4) is 11.5 Å². The minimum absolute atomic E-state index is 0.0668. The Bertz CT molecular complexity index is 2710. The average molecular weight is 1160 g/mol. The highest BCUT2D eigenvalue weighted by Crippen LogP contribution is 2.30. The maximum absolute atomic E-state index is 14.7. The summed E-state index contributed by atoms with van der Waals surface area (Å²) >= 11 is 3.80. The van der Waals surface area contributed by atoms with E-state index in [9.17, 15) is 58.2 Å². The normalized spacial score (nSPS) is 22.9. The number of likely N-dealkylation sites (N-methyl/N-ethyl adjacent to an activating group) is 4. The van der Waals surface area contributed by atoms with E-state index in [0.717, 1.165) is 31.4 Å². The molecular formula is C49H57N9O12S6. The number of fused-ring (bicyclic) bond motifs is 7. The van der Waals surface area contributed by atoms with Crippen molar-refractivity contribution in [2.45, 2.75) is 36.6 Å². The number of Topliss-reactive ketones (excluding diaryl/α,β-unsaturated/α-hetero) is 1. The van der Waals surface area contributed by atoms with Crippen molar-refractivity contribution >= 4 is 148 Å². The van der Waals surface area contributed by atoms with Crippen molar-refractivity contribution in [1.29, 1.82) is 0 Å². The topological polar surface area (TPSA) is 286 Å². The highest BCUT2D eigenvalue weighted by molar-refractivity contribution is 8.76. The average Bonchev–Trinajstić information content (AvgIpc) is 3.41. The highest BCUT2D eigenvalue weighted by Gasteiger charge is 2.39. The van der Waals surface area contributed by atoms with Gasteiger partial charge in [-0.1, -0.05) is 81.5 Å². The molecular weight excluding hydrogens is 1100 g/mol. The molecule has 5 N–H and O–H groups in total. The van der Waals surface area contributed by atoms with E-state index >= 15 is 0 Å². The van der Waals surface area contributed by atoms with E-state index in [2.05, 4.69) is 25.9 Å². The monoisotopic (exact) mass is 1160 g/mol. The number of ketones is 1. The van der Waals surface area contributed by atoms with Crippen LogP contribution in [0, 0.1) is 5.92 Å². The summed E-state index contributed by atoms with van der Waals surface area (Å²) in [5.41, 5.74) is 0.0542. The van der Waals surface area contributed by atoms with E-state index in [1.54, 1.807) is 61.0 Å². The van der Waals surface area contributed by atoms with E-state index in [1.807, 2.05) is 0 Å². The molecule has 0 aliphatic carbocycles. The number of rotatable bonds is 9. The summed E-state index contributed by atoms with van der Waals surface area (Å²) in [6, 6.07) is 9.80. The molecule has 0 radical (unpaired) electrons. The third kappa shape index (κ3) is 14.6. The van der Waals surface area contributed by atoms with Gasteiger partial charge in [0, 0.05) is 79.9 Å². The van der Waals surface area contributed by atoms with Crippen molar-refractivity contribution < 1.29 is 58.2 Å². The highest BCUT2D eigenvalue weighted by atomic mass is 33.1. The fourth-order valence-corrected chi connectivity index (χ4v) is 14.2. The number of amides is 7. The number of carbonyl (C=O) groups excluding carboxylic acids is 10. The minimum atomic E-state index is -1.53. The van der Waals surface area contributed by atoms with Crippen LogP contribution in [0.25, 0.3) is 21.8 Å². The van der Waals surface area contributed by atoms with Crippen LogP contribution in [0.15, 0.2) is 60.7 Å². The van der Waals surface area contributed by atoms with Gasteiger partial charge in [0.25, 0.3) is 5.91 Å². The standard InChI is InChI=1S/C49H57N9O12S6/c1-55-32-24-75-76-25-33(46(67)57(3)34(22-71-5)48(69)73-20-28(43(64)50-18-39(55)62)17-37(60)41-36(59)15-26-11-7-9-13-29(26)52-41)56(2)40(63)19-51-44(65)31(21-74-49(70)35(23-72-6)58(4)47(32)68)54-45(66)42-38(61)16-27-12-8-10-14-30(27)53-42/h7-16,28,31-35,59,61H,17-25H2,1-6H3,(H,50,64)(H,51,65)(H,54,66)/t28-,31-,32?,33+,34+,35+/m1/s1. The third-order valence-corrected chi connectivity index (χ3v) is 18.5. The van der Waals surface area contributed by atoms with Crippen LogP contribution in [-0.4, -0.2) is 216 Å². The van der Waals surface area contributed by atoms with Crippen molar-refractivity contribution in [1.82, 2.24) is 45.5 Å². The molecule has 21 nitrogen and oxygen atoms in total. The largest absolute Gasteiger partial charge is 0.506 e. The van der Waals surface area contributed by atoms with E-state index < -0.39 is 136 Å². The first kappa shape index (κ1) is 59.5. The van der Waals surface area contributed by atoms with Gasteiger partial charge in [0.15, 0.2) is 11.5 Å². The van der Waals surface area contributed by atoms with Gasteiger partial charge in [-0.05, 0) is 36.8 Å². The molecule has 1 unspecified atom stereocenters. The summed E-state index contributed by atoms with van der Waals surface area (Å²) < 4.78 is 0. The van der Waals surface area contributed by atoms with Gasteiger partial charge in [0.1, 0.15) is 47.4 Å². The Morgan fingerprint density at radius 1 is 0.632 bits per heavy atom. The molecule has 0 spiro atoms. The molecule has 2 aromatic carbocycles. The Balaban J connectivity index is 1.36. The van der Waals surface area contributed by atoms with Gasteiger partial charge in [-0.2, -0.15) is 23.5 Å². The summed E-state index contributed by atoms with van der Waals surface area (Å²) in [4.78, 5) is 155. The molecule has 7 amide bonds. The van der Waals surface area contributed by atoms with Crippen LogP contribution in [-0.2, 0) is 38.4 Å². The minimum Gasteiger partial charge on any atom is -0.506 e. The van der Waals surface area contributed by atoms with Crippen molar-refractivity contribution in [3.05, 3.63) is 72.1 Å². The molecule has 2 fully saturated rings. The lowest BCUT2D eigenvalue weighted by molar-refractivity contribution is -0.145. The number of hydrogen-bond acceptors (Lipinski definition) is 20. The van der Waals surface area contributed by atoms with Gasteiger partial charge in [0.2, 0.25) is 45.7 Å². The van der Waals surface area contributed by atoms with Crippen LogP contribution in [0.4, 0.5) is 0 Å². The Morgan fingerprint density at radius 3 is 1.58 bits per heavy atom. The Labute approximate surface area is 463 Å². The molecule has 6 atom stereocenters. The van der Waals surface area contributed by atoms with Gasteiger partial charge < -0.3 is 45.8 Å². The number of carbonyl (C=O) groups is 10. The molecule has 406 valence electrons. The third-order valence-electron chi connectivity index (χ3n) is 12.6. The molecule has 4 aromatic rings. The number of pyridine rings is 2. The second kappa shape index (κ2) is 27.5. The molecule has 76 heavy (non-hydrogen) atoms. The fourth-order valence-electron chi connectivity index (χ4n) is 7.96. The molecule has 2 bridgehead atoms. The lowest BCUT2D eigenvalue weighted by Crippen LogP contribution is -2.57. The maximum atomic E-state index is 14.7. The molecule has 4 heterocycles. The quantitative estimate of drug-likeness (QED) is 0.119. The van der Waals surface area contributed by atoms with Crippen molar-refractivity contribution in [3.63, 3.8) is 0 Å². The van der Waals surface area contributed by atoms with Crippen LogP contribution in [0.1, 0.15) is 27.4 Å². The predicted octanol–water partition coefficient (Wildman–Crippen LogP) is 2.38. The summed E-state index contributed by atoms with van der Waals surface area (Å²) in [6.45, 7) is -1.35. The van der Waals surface area contributed by atoms with Crippen LogP contribution in [0.5, 0.6) is 11.5 Å². The lowest BCUT2D eigenvalue weighted by atomic mass is 10.0. The number of aromatic hydroxyl groups is 2. The Morgan fingerprint density at radius 2 is 1.08 bits per heavy atom. The zero-order valence-electron chi connectivity index (χ0n) is 42.2. The van der Waals surface area contributed by atoms with E-state index in [0.29, 0.717) is 45.3 Å². The maximum Gasteiger partial charge on any atom is 0.274 e. The zero-order chi connectivity index (χ0) is 55.4. The molecule has 27 heteroatoms.